The van der Waals surface area contributed by atoms with Crippen LogP contribution >= 0.6 is 0 Å². The van der Waals surface area contributed by atoms with Crippen LogP contribution in [0.1, 0.15) is 20.3 Å². The highest BCUT2D eigenvalue weighted by molar-refractivity contribution is 5.90. The first-order chi connectivity index (χ1) is 13.8. The van der Waals surface area contributed by atoms with Crippen LogP contribution in [0.5, 0.6) is 0 Å². The summed E-state index contributed by atoms with van der Waals surface area (Å²) in [6.07, 6.45) is -2.09. The third-order valence-electron chi connectivity index (χ3n) is 5.08. The lowest BCUT2D eigenvalue weighted by Crippen LogP contribution is -2.38. The largest absolute Gasteiger partial charge is 0.442 e. The van der Waals surface area contributed by atoms with Gasteiger partial charge >= 0.3 is 6.09 Å². The molecule has 0 saturated carbocycles. The Morgan fingerprint density at radius 3 is 2.76 bits per heavy atom. The molecule has 2 fully saturated rings. The van der Waals surface area contributed by atoms with Crippen LogP contribution in [-0.2, 0) is 9.53 Å². The quantitative estimate of drug-likeness (QED) is 0.784. The number of nitrogens with zero attached hydrogens (tertiary/aromatic N) is 3. The maximum absolute atomic E-state index is 14.8. The summed E-state index contributed by atoms with van der Waals surface area (Å²) in [6, 6.07) is 4.33. The molecule has 2 aliphatic heterocycles. The molecule has 2 saturated heterocycles. The van der Waals surface area contributed by atoms with Crippen molar-refractivity contribution in [2.75, 3.05) is 36.0 Å². The number of piperidine rings is 1. The molecular weight excluding hydrogens is 382 g/mol. The van der Waals surface area contributed by atoms with Gasteiger partial charge in [-0.25, -0.2) is 18.4 Å². The zero-order valence-corrected chi connectivity index (χ0v) is 16.2. The fourth-order valence-corrected chi connectivity index (χ4v) is 3.52. The number of alkyl halides is 1. The Morgan fingerprint density at radius 2 is 2.14 bits per heavy atom. The molecule has 0 aromatic heterocycles. The number of amides is 2. The summed E-state index contributed by atoms with van der Waals surface area (Å²) in [7, 11) is 0. The van der Waals surface area contributed by atoms with Gasteiger partial charge in [0.1, 0.15) is 18.1 Å². The molecule has 1 unspecified atom stereocenters. The molecule has 0 radical (unpaired) electrons. The molecule has 0 aliphatic carbocycles. The first-order valence-electron chi connectivity index (χ1n) is 9.28. The Kier molecular flexibility index (Phi) is 6.01. The van der Waals surface area contributed by atoms with Crippen molar-refractivity contribution in [1.29, 1.82) is 0 Å². The first-order valence-corrected chi connectivity index (χ1v) is 9.28. The molecule has 7 nitrogen and oxygen atoms in total. The number of hydrogen-bond donors (Lipinski definition) is 1. The van der Waals surface area contributed by atoms with Crippen molar-refractivity contribution in [3.63, 3.8) is 0 Å². The highest BCUT2D eigenvalue weighted by Crippen LogP contribution is 2.32. The molecule has 9 heteroatoms. The second kappa shape index (κ2) is 8.47. The number of carbonyl (C=O) groups is 2. The van der Waals surface area contributed by atoms with E-state index in [1.165, 1.54) is 24.0 Å². The number of cyclic esters (lactones) is 1. The SMILES string of the molecule is [C-]#[N+]/C(C)=C1\CCN(c2ccc(N3C[C@H](CNC(C)=O)OC3=O)cc2F)CC1F. The van der Waals surface area contributed by atoms with Crippen LogP contribution in [-0.4, -0.2) is 50.5 Å². The number of anilines is 2. The van der Waals surface area contributed by atoms with Crippen LogP contribution in [0, 0.1) is 12.4 Å². The molecule has 1 aromatic carbocycles. The number of halogens is 2. The summed E-state index contributed by atoms with van der Waals surface area (Å²) < 4.78 is 34.4. The van der Waals surface area contributed by atoms with E-state index in [1.54, 1.807) is 17.9 Å². The third kappa shape index (κ3) is 4.47. The summed E-state index contributed by atoms with van der Waals surface area (Å²) in [4.78, 5) is 29.3. The highest BCUT2D eigenvalue weighted by atomic mass is 19.1. The highest BCUT2D eigenvalue weighted by Gasteiger charge is 2.33. The lowest BCUT2D eigenvalue weighted by Gasteiger charge is -2.33. The van der Waals surface area contributed by atoms with Crippen molar-refractivity contribution in [2.24, 2.45) is 0 Å². The molecule has 1 N–H and O–H groups in total. The van der Waals surface area contributed by atoms with E-state index in [2.05, 4.69) is 10.2 Å². The Bertz CT molecular complexity index is 896. The molecule has 1 aromatic rings. The van der Waals surface area contributed by atoms with Gasteiger partial charge in [0.15, 0.2) is 5.70 Å². The summed E-state index contributed by atoms with van der Waals surface area (Å²) in [5, 5.41) is 2.58. The zero-order chi connectivity index (χ0) is 21.1. The van der Waals surface area contributed by atoms with Crippen LogP contribution < -0.4 is 15.1 Å². The predicted molar refractivity (Wildman–Crippen MR) is 104 cm³/mol. The van der Waals surface area contributed by atoms with Crippen molar-refractivity contribution >= 4 is 23.4 Å². The van der Waals surface area contributed by atoms with Gasteiger partial charge in [-0.15, -0.1) is 0 Å². The summed E-state index contributed by atoms with van der Waals surface area (Å²) in [6.45, 7) is 10.7. The third-order valence-corrected chi connectivity index (χ3v) is 5.08. The number of hydrogen-bond acceptors (Lipinski definition) is 4. The fourth-order valence-electron chi connectivity index (χ4n) is 3.52. The van der Waals surface area contributed by atoms with Crippen molar-refractivity contribution in [2.45, 2.75) is 32.5 Å². The predicted octanol–water partition coefficient (Wildman–Crippen LogP) is 3.03. The molecule has 0 spiro atoms. The molecule has 2 heterocycles. The molecule has 2 amide bonds. The molecule has 3 rings (SSSR count). The lowest BCUT2D eigenvalue weighted by molar-refractivity contribution is -0.119. The molecule has 0 bridgehead atoms. The van der Waals surface area contributed by atoms with Crippen LogP contribution in [0.4, 0.5) is 25.0 Å². The Morgan fingerprint density at radius 1 is 1.38 bits per heavy atom. The zero-order valence-electron chi connectivity index (χ0n) is 16.2. The maximum atomic E-state index is 14.8. The average Bonchev–Trinajstić information content (AvgIpc) is 3.06. The van der Waals surface area contributed by atoms with Gasteiger partial charge in [0.25, 0.3) is 0 Å². The number of allylic oxidation sites excluding steroid dienone is 1. The fraction of sp³-hybridized carbons (Fsp3) is 0.450. The van der Waals surface area contributed by atoms with Gasteiger partial charge in [-0.05, 0) is 37.1 Å². The number of rotatable bonds is 4. The van der Waals surface area contributed by atoms with Crippen LogP contribution in [0.25, 0.3) is 4.85 Å². The Labute approximate surface area is 167 Å². The molecule has 154 valence electrons. The van der Waals surface area contributed by atoms with Gasteiger partial charge in [-0.1, -0.05) is 0 Å². The summed E-state index contributed by atoms with van der Waals surface area (Å²) in [5.74, 6) is -0.797. The summed E-state index contributed by atoms with van der Waals surface area (Å²) in [5.41, 5.74) is 1.41. The van der Waals surface area contributed by atoms with Gasteiger partial charge in [-0.3, -0.25) is 9.69 Å². The minimum atomic E-state index is -1.32. The van der Waals surface area contributed by atoms with Gasteiger partial charge in [0.05, 0.1) is 37.6 Å². The molecule has 2 aliphatic rings. The number of nitrogens with one attached hydrogen (secondary N) is 1. The Balaban J connectivity index is 1.71. The van der Waals surface area contributed by atoms with Crippen molar-refractivity contribution in [1.82, 2.24) is 5.32 Å². The van der Waals surface area contributed by atoms with Crippen LogP contribution in [0.2, 0.25) is 0 Å². The van der Waals surface area contributed by atoms with Crippen molar-refractivity contribution < 1.29 is 23.1 Å². The first kappa shape index (κ1) is 20.6. The normalized spacial score (nSPS) is 23.5. The Hall–Kier alpha value is -3.15. The smallest absolute Gasteiger partial charge is 0.414 e. The number of ether oxygens (including phenoxy) is 1. The lowest BCUT2D eigenvalue weighted by atomic mass is 9.99. The van der Waals surface area contributed by atoms with Crippen molar-refractivity contribution in [3.8, 4) is 0 Å². The van der Waals surface area contributed by atoms with Crippen molar-refractivity contribution in [3.05, 3.63) is 46.7 Å². The van der Waals surface area contributed by atoms with E-state index in [1.807, 2.05) is 0 Å². The van der Waals surface area contributed by atoms with E-state index in [0.717, 1.165) is 0 Å². The van der Waals surface area contributed by atoms with Crippen LogP contribution in [0.15, 0.2) is 29.5 Å². The summed E-state index contributed by atoms with van der Waals surface area (Å²) >= 11 is 0. The number of benzene rings is 1. The number of carbonyl (C=O) groups excluding carboxylic acids is 2. The van der Waals surface area contributed by atoms with Gasteiger partial charge in [0.2, 0.25) is 5.91 Å². The maximum Gasteiger partial charge on any atom is 0.414 e. The minimum Gasteiger partial charge on any atom is -0.442 e. The van der Waals surface area contributed by atoms with E-state index >= 15 is 0 Å². The monoisotopic (exact) mass is 404 g/mol. The molecule has 2 atom stereocenters. The second-order valence-corrected chi connectivity index (χ2v) is 7.08. The topological polar surface area (TPSA) is 66.2 Å². The second-order valence-electron chi connectivity index (χ2n) is 7.08. The van der Waals surface area contributed by atoms with Gasteiger partial charge < -0.3 is 15.0 Å². The standard InChI is InChI=1S/C20H22F2N4O3/c1-12(23-3)16-6-7-25(11-18(16)22)19-5-4-14(8-17(19)21)26-10-15(29-20(26)28)9-24-13(2)27/h4-5,8,15,18H,6-7,9-11H2,1-2H3,(H,24,27)/b16-12+/t15-,18?/m0/s1. The van der Waals surface area contributed by atoms with Crippen LogP contribution in [0.3, 0.4) is 0 Å². The van der Waals surface area contributed by atoms with E-state index in [9.17, 15) is 18.4 Å². The van der Waals surface area contributed by atoms with E-state index in [4.69, 9.17) is 11.3 Å². The van der Waals surface area contributed by atoms with Gasteiger partial charge in [0, 0.05) is 13.5 Å². The van der Waals surface area contributed by atoms with E-state index in [-0.39, 0.29) is 31.2 Å². The van der Waals surface area contributed by atoms with E-state index in [0.29, 0.717) is 29.9 Å². The van der Waals surface area contributed by atoms with Gasteiger partial charge in [-0.2, -0.15) is 0 Å². The van der Waals surface area contributed by atoms with E-state index < -0.39 is 24.2 Å². The molecule has 29 heavy (non-hydrogen) atoms. The average molecular weight is 404 g/mol. The molecular formula is C20H22F2N4O3. The minimum absolute atomic E-state index is 0.0248.